The van der Waals surface area contributed by atoms with E-state index >= 15 is 0 Å². The average Bonchev–Trinajstić information content (AvgIpc) is 2.55. The first kappa shape index (κ1) is 16.4. The molecule has 0 saturated carbocycles. The molecule has 0 N–H and O–H groups in total. The van der Waals surface area contributed by atoms with Crippen molar-refractivity contribution < 1.29 is 13.6 Å². The number of nitrogens with zero attached hydrogens (tertiary/aromatic N) is 3. The van der Waals surface area contributed by atoms with E-state index in [9.17, 15) is 13.6 Å². The fraction of sp³-hybridized carbons (Fsp3) is 0.625. The topological polar surface area (TPSA) is 36.4 Å². The Morgan fingerprint density at radius 3 is 2.74 bits per heavy atom. The van der Waals surface area contributed by atoms with Gasteiger partial charge in [-0.25, -0.2) is 8.78 Å². The van der Waals surface area contributed by atoms with Gasteiger partial charge in [0.1, 0.15) is 0 Å². The van der Waals surface area contributed by atoms with E-state index in [1.54, 1.807) is 17.3 Å². The summed E-state index contributed by atoms with van der Waals surface area (Å²) in [4.78, 5) is 20.3. The highest BCUT2D eigenvalue weighted by Crippen LogP contribution is 2.32. The van der Waals surface area contributed by atoms with Crippen molar-refractivity contribution in [3.8, 4) is 0 Å². The van der Waals surface area contributed by atoms with Gasteiger partial charge < -0.3 is 9.80 Å². The van der Waals surface area contributed by atoms with Crippen molar-refractivity contribution in [3.05, 3.63) is 23.5 Å². The number of aromatic nitrogens is 1. The summed E-state index contributed by atoms with van der Waals surface area (Å²) in [6.07, 6.45) is 4.50. The zero-order valence-corrected chi connectivity index (χ0v) is 13.6. The fourth-order valence-electron chi connectivity index (χ4n) is 3.33. The highest BCUT2D eigenvalue weighted by atomic mass is 35.5. The second kappa shape index (κ2) is 6.59. The molecule has 0 bridgehead atoms. The van der Waals surface area contributed by atoms with Crippen molar-refractivity contribution in [2.45, 2.75) is 31.6 Å². The third-order valence-corrected chi connectivity index (χ3v) is 4.96. The standard InChI is InChI=1S/C16H20ClF2N3O/c17-13-10-20-6-3-14(13)22-7-1-2-12(11-22)15(23)21-8-4-16(18,19)5-9-21/h3,6,10,12H,1-2,4-5,7-9,11H2. The molecule has 1 aromatic heterocycles. The first-order valence-electron chi connectivity index (χ1n) is 7.97. The number of carbonyl (C=O) groups is 1. The summed E-state index contributed by atoms with van der Waals surface area (Å²) in [5.41, 5.74) is 0.879. The zero-order chi connectivity index (χ0) is 16.4. The molecule has 7 heteroatoms. The third kappa shape index (κ3) is 3.74. The largest absolute Gasteiger partial charge is 0.369 e. The van der Waals surface area contributed by atoms with E-state index < -0.39 is 5.92 Å². The number of carbonyl (C=O) groups excluding carboxylic acids is 1. The summed E-state index contributed by atoms with van der Waals surface area (Å²) in [6.45, 7) is 1.72. The van der Waals surface area contributed by atoms with Crippen molar-refractivity contribution in [3.63, 3.8) is 0 Å². The first-order valence-corrected chi connectivity index (χ1v) is 8.35. The molecular weight excluding hydrogens is 324 g/mol. The lowest BCUT2D eigenvalue weighted by Crippen LogP contribution is -2.49. The number of pyridine rings is 1. The Bertz CT molecular complexity index is 574. The number of hydrogen-bond donors (Lipinski definition) is 0. The Labute approximate surface area is 139 Å². The van der Waals surface area contributed by atoms with E-state index in [-0.39, 0.29) is 37.8 Å². The first-order chi connectivity index (χ1) is 11.0. The Balaban J connectivity index is 1.65. The van der Waals surface area contributed by atoms with Crippen LogP contribution in [-0.4, -0.2) is 47.9 Å². The number of piperidine rings is 2. The maximum Gasteiger partial charge on any atom is 0.251 e. The van der Waals surface area contributed by atoms with Gasteiger partial charge in [0.15, 0.2) is 0 Å². The van der Waals surface area contributed by atoms with Crippen molar-refractivity contribution in [1.82, 2.24) is 9.88 Å². The molecule has 3 rings (SSSR count). The monoisotopic (exact) mass is 343 g/mol. The lowest BCUT2D eigenvalue weighted by Gasteiger charge is -2.38. The predicted octanol–water partition coefficient (Wildman–Crippen LogP) is 3.21. The number of anilines is 1. The second-order valence-corrected chi connectivity index (χ2v) is 6.70. The lowest BCUT2D eigenvalue weighted by atomic mass is 9.94. The molecule has 1 amide bonds. The molecule has 1 aromatic rings. The highest BCUT2D eigenvalue weighted by molar-refractivity contribution is 6.33. The molecule has 0 radical (unpaired) electrons. The van der Waals surface area contributed by atoms with Gasteiger partial charge in [0, 0.05) is 51.4 Å². The minimum Gasteiger partial charge on any atom is -0.369 e. The maximum atomic E-state index is 13.2. The second-order valence-electron chi connectivity index (χ2n) is 6.29. The molecule has 2 aliphatic rings. The van der Waals surface area contributed by atoms with Gasteiger partial charge in [-0.3, -0.25) is 9.78 Å². The van der Waals surface area contributed by atoms with Crippen molar-refractivity contribution in [2.75, 3.05) is 31.1 Å². The van der Waals surface area contributed by atoms with Crippen LogP contribution in [0.5, 0.6) is 0 Å². The van der Waals surface area contributed by atoms with Gasteiger partial charge in [-0.1, -0.05) is 11.6 Å². The number of hydrogen-bond acceptors (Lipinski definition) is 3. The summed E-state index contributed by atoms with van der Waals surface area (Å²) in [7, 11) is 0. The summed E-state index contributed by atoms with van der Waals surface area (Å²) in [5, 5.41) is 0.568. The molecule has 3 heterocycles. The van der Waals surface area contributed by atoms with E-state index in [1.807, 2.05) is 6.07 Å². The van der Waals surface area contributed by atoms with Crippen LogP contribution in [0.25, 0.3) is 0 Å². The molecule has 23 heavy (non-hydrogen) atoms. The van der Waals surface area contributed by atoms with Gasteiger partial charge in [-0.05, 0) is 18.9 Å². The molecule has 1 unspecified atom stereocenters. The summed E-state index contributed by atoms with van der Waals surface area (Å²) >= 11 is 6.18. The van der Waals surface area contributed by atoms with Gasteiger partial charge in [-0.15, -0.1) is 0 Å². The smallest absolute Gasteiger partial charge is 0.251 e. The average molecular weight is 344 g/mol. The van der Waals surface area contributed by atoms with Crippen LogP contribution in [0.15, 0.2) is 18.5 Å². The summed E-state index contributed by atoms with van der Waals surface area (Å²) in [6, 6.07) is 1.84. The Morgan fingerprint density at radius 1 is 1.30 bits per heavy atom. The van der Waals surface area contributed by atoms with Crippen LogP contribution >= 0.6 is 11.6 Å². The zero-order valence-electron chi connectivity index (χ0n) is 12.9. The van der Waals surface area contributed by atoms with Gasteiger partial charge >= 0.3 is 0 Å². The highest BCUT2D eigenvalue weighted by Gasteiger charge is 2.38. The number of alkyl halides is 2. The summed E-state index contributed by atoms with van der Waals surface area (Å²) < 4.78 is 26.5. The van der Waals surface area contributed by atoms with Crippen LogP contribution in [0, 0.1) is 5.92 Å². The van der Waals surface area contributed by atoms with Crippen LogP contribution in [0.3, 0.4) is 0 Å². The van der Waals surface area contributed by atoms with Crippen molar-refractivity contribution in [2.24, 2.45) is 5.92 Å². The summed E-state index contributed by atoms with van der Waals surface area (Å²) in [5.74, 6) is -2.78. The van der Waals surface area contributed by atoms with E-state index in [0.717, 1.165) is 25.1 Å². The molecule has 0 aliphatic carbocycles. The SMILES string of the molecule is O=C(C1CCCN(c2ccncc2Cl)C1)N1CCC(F)(F)CC1. The van der Waals surface area contributed by atoms with Crippen LogP contribution < -0.4 is 4.90 Å². The Morgan fingerprint density at radius 2 is 2.04 bits per heavy atom. The van der Waals surface area contributed by atoms with E-state index in [2.05, 4.69) is 9.88 Å². The number of amides is 1. The number of likely N-dealkylation sites (tertiary alicyclic amines) is 1. The minimum absolute atomic E-state index is 0.00428. The van der Waals surface area contributed by atoms with Crippen LogP contribution in [-0.2, 0) is 4.79 Å². The van der Waals surface area contributed by atoms with Crippen molar-refractivity contribution in [1.29, 1.82) is 0 Å². The molecule has 1 atom stereocenters. The molecule has 2 aliphatic heterocycles. The molecule has 4 nitrogen and oxygen atoms in total. The third-order valence-electron chi connectivity index (χ3n) is 4.67. The van der Waals surface area contributed by atoms with Gasteiger partial charge in [-0.2, -0.15) is 0 Å². The molecule has 0 aromatic carbocycles. The van der Waals surface area contributed by atoms with Crippen LogP contribution in [0.2, 0.25) is 5.02 Å². The van der Waals surface area contributed by atoms with E-state index in [4.69, 9.17) is 11.6 Å². The van der Waals surface area contributed by atoms with Crippen LogP contribution in [0.4, 0.5) is 14.5 Å². The predicted molar refractivity (Wildman–Crippen MR) is 84.9 cm³/mol. The van der Waals surface area contributed by atoms with E-state index in [0.29, 0.717) is 11.6 Å². The van der Waals surface area contributed by atoms with Gasteiger partial charge in [0.2, 0.25) is 5.91 Å². The number of halogens is 3. The van der Waals surface area contributed by atoms with Crippen molar-refractivity contribution >= 4 is 23.2 Å². The fourth-order valence-corrected chi connectivity index (χ4v) is 3.57. The normalized spacial score (nSPS) is 24.6. The lowest BCUT2D eigenvalue weighted by molar-refractivity contribution is -0.141. The molecule has 0 spiro atoms. The van der Waals surface area contributed by atoms with Crippen LogP contribution in [0.1, 0.15) is 25.7 Å². The number of rotatable bonds is 2. The molecule has 2 fully saturated rings. The minimum atomic E-state index is -2.63. The van der Waals surface area contributed by atoms with Gasteiger partial charge in [0.25, 0.3) is 5.92 Å². The Hall–Kier alpha value is -1.43. The quantitative estimate of drug-likeness (QED) is 0.827. The Kier molecular flexibility index (Phi) is 4.71. The molecular formula is C16H20ClF2N3O. The molecule has 126 valence electrons. The molecule has 2 saturated heterocycles. The maximum absolute atomic E-state index is 13.2. The van der Waals surface area contributed by atoms with Gasteiger partial charge in [0.05, 0.1) is 16.6 Å². The van der Waals surface area contributed by atoms with E-state index in [1.165, 1.54) is 0 Å².